The molecule has 1 aliphatic heterocycles. The molecule has 1 atom stereocenters. The van der Waals surface area contributed by atoms with Crippen molar-refractivity contribution < 1.29 is 19.4 Å². The summed E-state index contributed by atoms with van der Waals surface area (Å²) in [6, 6.07) is 12.7. The third-order valence-electron chi connectivity index (χ3n) is 6.17. The van der Waals surface area contributed by atoms with Crippen LogP contribution in [-0.4, -0.2) is 60.4 Å². The van der Waals surface area contributed by atoms with E-state index in [-0.39, 0.29) is 11.3 Å². The van der Waals surface area contributed by atoms with Gasteiger partial charge in [-0.05, 0) is 68.2 Å². The van der Waals surface area contributed by atoms with E-state index in [1.54, 1.807) is 17.0 Å². The Bertz CT molecular complexity index is 1070. The molecule has 1 fully saturated rings. The number of benzene rings is 2. The van der Waals surface area contributed by atoms with Crippen LogP contribution < -0.4 is 4.74 Å². The average Bonchev–Trinajstić information content (AvgIpc) is 3.05. The second kappa shape index (κ2) is 10.9. The van der Waals surface area contributed by atoms with Crippen molar-refractivity contribution >= 4 is 17.4 Å². The summed E-state index contributed by atoms with van der Waals surface area (Å²) < 4.78 is 5.70. The second-order valence-electron chi connectivity index (χ2n) is 9.44. The number of likely N-dealkylation sites (N-methyl/N-ethyl adjacent to an activating group) is 1. The summed E-state index contributed by atoms with van der Waals surface area (Å²) in [5, 5.41) is 11.4. The van der Waals surface area contributed by atoms with Crippen molar-refractivity contribution in [1.82, 2.24) is 9.80 Å². The number of carbonyl (C=O) groups is 2. The van der Waals surface area contributed by atoms with Crippen LogP contribution in [0.1, 0.15) is 61.4 Å². The monoisotopic (exact) mass is 464 g/mol. The van der Waals surface area contributed by atoms with E-state index in [9.17, 15) is 14.7 Å². The zero-order valence-corrected chi connectivity index (χ0v) is 21.1. The van der Waals surface area contributed by atoms with Gasteiger partial charge in [0, 0.05) is 18.7 Å². The van der Waals surface area contributed by atoms with E-state index in [1.807, 2.05) is 63.2 Å². The summed E-state index contributed by atoms with van der Waals surface area (Å²) in [6.45, 7) is 9.74. The molecular formula is C28H36N2O4. The van der Waals surface area contributed by atoms with Gasteiger partial charge in [0.05, 0.1) is 18.2 Å². The van der Waals surface area contributed by atoms with Crippen LogP contribution in [0.2, 0.25) is 0 Å². The summed E-state index contributed by atoms with van der Waals surface area (Å²) in [4.78, 5) is 29.8. The fourth-order valence-electron chi connectivity index (χ4n) is 4.18. The second-order valence-corrected chi connectivity index (χ2v) is 9.44. The lowest BCUT2D eigenvalue weighted by Gasteiger charge is -2.27. The first-order valence-electron chi connectivity index (χ1n) is 11.9. The Hall–Kier alpha value is -3.12. The van der Waals surface area contributed by atoms with Gasteiger partial charge in [-0.25, -0.2) is 0 Å². The van der Waals surface area contributed by atoms with Gasteiger partial charge in [-0.2, -0.15) is 0 Å². The average molecular weight is 465 g/mol. The molecule has 0 saturated carbocycles. The molecule has 182 valence electrons. The lowest BCUT2D eigenvalue weighted by atomic mass is 9.92. The quantitative estimate of drug-likeness (QED) is 0.325. The van der Waals surface area contributed by atoms with E-state index in [0.717, 1.165) is 17.5 Å². The first kappa shape index (κ1) is 25.5. The minimum Gasteiger partial charge on any atom is -0.507 e. The van der Waals surface area contributed by atoms with E-state index < -0.39 is 17.7 Å². The Kier molecular flexibility index (Phi) is 8.15. The molecule has 2 aromatic rings. The van der Waals surface area contributed by atoms with Crippen LogP contribution in [0.4, 0.5) is 0 Å². The number of ketones is 1. The molecule has 1 heterocycles. The summed E-state index contributed by atoms with van der Waals surface area (Å²) in [5.74, 6) is -0.307. The van der Waals surface area contributed by atoms with Gasteiger partial charge in [-0.15, -0.1) is 0 Å². The Morgan fingerprint density at radius 1 is 1.12 bits per heavy atom. The Balaban J connectivity index is 2.10. The first-order valence-corrected chi connectivity index (χ1v) is 11.9. The molecule has 0 aliphatic carbocycles. The van der Waals surface area contributed by atoms with Crippen LogP contribution in [0, 0.1) is 6.92 Å². The van der Waals surface area contributed by atoms with Gasteiger partial charge < -0.3 is 19.6 Å². The van der Waals surface area contributed by atoms with E-state index in [2.05, 4.69) is 13.8 Å². The van der Waals surface area contributed by atoms with E-state index in [0.29, 0.717) is 36.9 Å². The number of aliphatic hydroxyl groups excluding tert-OH is 1. The molecule has 2 aromatic carbocycles. The van der Waals surface area contributed by atoms with Crippen molar-refractivity contribution in [2.45, 2.75) is 46.1 Å². The number of aryl methyl sites for hydroxylation is 1. The van der Waals surface area contributed by atoms with Gasteiger partial charge in [-0.3, -0.25) is 9.59 Å². The third kappa shape index (κ3) is 5.33. The zero-order valence-electron chi connectivity index (χ0n) is 21.1. The maximum atomic E-state index is 13.2. The number of ether oxygens (including phenoxy) is 1. The highest BCUT2D eigenvalue weighted by Gasteiger charge is 2.46. The molecule has 1 N–H and O–H groups in total. The predicted octanol–water partition coefficient (Wildman–Crippen LogP) is 4.89. The van der Waals surface area contributed by atoms with Gasteiger partial charge >= 0.3 is 0 Å². The van der Waals surface area contributed by atoms with E-state index in [4.69, 9.17) is 4.74 Å². The van der Waals surface area contributed by atoms with Crippen LogP contribution >= 0.6 is 0 Å². The smallest absolute Gasteiger partial charge is 0.295 e. The first-order chi connectivity index (χ1) is 16.1. The fourth-order valence-corrected chi connectivity index (χ4v) is 4.18. The largest absolute Gasteiger partial charge is 0.507 e. The number of rotatable bonds is 9. The Morgan fingerprint density at radius 3 is 2.35 bits per heavy atom. The molecule has 34 heavy (non-hydrogen) atoms. The number of amides is 1. The minimum absolute atomic E-state index is 0.131. The van der Waals surface area contributed by atoms with E-state index in [1.165, 1.54) is 5.56 Å². The van der Waals surface area contributed by atoms with Crippen molar-refractivity contribution in [1.29, 1.82) is 0 Å². The molecule has 1 amide bonds. The molecule has 0 aromatic heterocycles. The molecule has 6 nitrogen and oxygen atoms in total. The van der Waals surface area contributed by atoms with Crippen molar-refractivity contribution in [2.24, 2.45) is 0 Å². The van der Waals surface area contributed by atoms with Gasteiger partial charge in [0.15, 0.2) is 0 Å². The molecule has 1 saturated heterocycles. The summed E-state index contributed by atoms with van der Waals surface area (Å²) in [5.41, 5.74) is 3.42. The van der Waals surface area contributed by atoms with Gasteiger partial charge in [0.2, 0.25) is 0 Å². The normalized spacial score (nSPS) is 17.8. The maximum absolute atomic E-state index is 13.2. The molecule has 0 spiro atoms. The number of Topliss-reactive ketones (excluding diaryl/α,β-unsaturated/α-hetero) is 1. The standard InChI is InChI=1S/C28H36N2O4/c1-7-16-34-22-12-13-23(19(4)17-22)26(31)24-25(21-10-8-20(9-11-21)18(2)3)30(15-14-29(5)6)28(33)27(24)32/h8-13,17-18,25,31H,7,14-16H2,1-6H3/t25-/m0/s1. The van der Waals surface area contributed by atoms with Crippen molar-refractivity contribution in [2.75, 3.05) is 33.8 Å². The van der Waals surface area contributed by atoms with Gasteiger partial charge in [0.25, 0.3) is 11.7 Å². The molecule has 6 heteroatoms. The predicted molar refractivity (Wildman–Crippen MR) is 135 cm³/mol. The number of hydrogen-bond acceptors (Lipinski definition) is 5. The number of nitrogens with zero attached hydrogens (tertiary/aromatic N) is 2. The van der Waals surface area contributed by atoms with Crippen molar-refractivity contribution in [3.63, 3.8) is 0 Å². The lowest BCUT2D eigenvalue weighted by molar-refractivity contribution is -0.140. The lowest BCUT2D eigenvalue weighted by Crippen LogP contribution is -2.35. The van der Waals surface area contributed by atoms with Crippen LogP contribution in [0.3, 0.4) is 0 Å². The molecule has 3 rings (SSSR count). The van der Waals surface area contributed by atoms with Gasteiger partial charge in [-0.1, -0.05) is 45.0 Å². The number of hydrogen-bond donors (Lipinski definition) is 1. The SMILES string of the molecule is CCCOc1ccc(C(O)=C2C(=O)C(=O)N(CCN(C)C)[C@H]2c2ccc(C(C)C)cc2)c(C)c1. The van der Waals surface area contributed by atoms with Crippen LogP contribution in [0.15, 0.2) is 48.0 Å². The highest BCUT2D eigenvalue weighted by atomic mass is 16.5. The highest BCUT2D eigenvalue weighted by Crippen LogP contribution is 2.40. The van der Waals surface area contributed by atoms with Gasteiger partial charge in [0.1, 0.15) is 11.5 Å². The molecule has 1 aliphatic rings. The van der Waals surface area contributed by atoms with Crippen LogP contribution in [-0.2, 0) is 9.59 Å². The molecular weight excluding hydrogens is 428 g/mol. The molecule has 0 unspecified atom stereocenters. The molecule has 0 radical (unpaired) electrons. The summed E-state index contributed by atoms with van der Waals surface area (Å²) in [6.07, 6.45) is 0.896. The fraction of sp³-hybridized carbons (Fsp3) is 0.429. The number of carbonyl (C=O) groups excluding carboxylic acids is 2. The molecule has 0 bridgehead atoms. The topological polar surface area (TPSA) is 70.1 Å². The third-order valence-corrected chi connectivity index (χ3v) is 6.17. The van der Waals surface area contributed by atoms with Crippen LogP contribution in [0.25, 0.3) is 5.76 Å². The van der Waals surface area contributed by atoms with Crippen LogP contribution in [0.5, 0.6) is 5.75 Å². The zero-order chi connectivity index (χ0) is 25.0. The number of aliphatic hydroxyl groups is 1. The van der Waals surface area contributed by atoms with Crippen molar-refractivity contribution in [3.05, 3.63) is 70.3 Å². The minimum atomic E-state index is -0.653. The maximum Gasteiger partial charge on any atom is 0.295 e. The van der Waals surface area contributed by atoms with Crippen molar-refractivity contribution in [3.8, 4) is 5.75 Å². The Labute approximate surface area is 202 Å². The van der Waals surface area contributed by atoms with E-state index >= 15 is 0 Å². The number of likely N-dealkylation sites (tertiary alicyclic amines) is 1. The summed E-state index contributed by atoms with van der Waals surface area (Å²) in [7, 11) is 3.85. The highest BCUT2D eigenvalue weighted by molar-refractivity contribution is 6.46. The Morgan fingerprint density at radius 2 is 1.79 bits per heavy atom. The summed E-state index contributed by atoms with van der Waals surface area (Å²) >= 11 is 0.